The van der Waals surface area contributed by atoms with Crippen molar-refractivity contribution in [3.8, 4) is 22.5 Å². The lowest BCUT2D eigenvalue weighted by atomic mass is 10.1. The third-order valence-corrected chi connectivity index (χ3v) is 3.49. The summed E-state index contributed by atoms with van der Waals surface area (Å²) in [6.45, 7) is 3.92. The number of hydrogen-bond donors (Lipinski definition) is 1. The summed E-state index contributed by atoms with van der Waals surface area (Å²) in [5.41, 5.74) is 8.70. The maximum Gasteiger partial charge on any atom is 0.250 e. The second-order valence-electron chi connectivity index (χ2n) is 5.49. The van der Waals surface area contributed by atoms with Crippen LogP contribution in [0.1, 0.15) is 19.9 Å². The Morgan fingerprint density at radius 1 is 1.09 bits per heavy atom. The molecule has 6 heteroatoms. The highest BCUT2D eigenvalue weighted by atomic mass is 16.1. The molecule has 0 aromatic carbocycles. The minimum atomic E-state index is -0.0462. The Hall–Kier alpha value is -3.02. The van der Waals surface area contributed by atoms with E-state index in [1.807, 2.05) is 26.0 Å². The van der Waals surface area contributed by atoms with Gasteiger partial charge in [-0.25, -0.2) is 4.98 Å². The zero-order valence-corrected chi connectivity index (χ0v) is 13.0. The molecule has 0 fully saturated rings. The molecule has 0 radical (unpaired) electrons. The molecule has 0 saturated heterocycles. The Morgan fingerprint density at radius 2 is 1.91 bits per heavy atom. The van der Waals surface area contributed by atoms with Gasteiger partial charge >= 0.3 is 0 Å². The van der Waals surface area contributed by atoms with E-state index in [0.717, 1.165) is 11.1 Å². The van der Waals surface area contributed by atoms with Crippen molar-refractivity contribution in [3.63, 3.8) is 0 Å². The molecule has 0 bridgehead atoms. The average molecular weight is 307 g/mol. The number of aromatic nitrogens is 4. The van der Waals surface area contributed by atoms with Gasteiger partial charge in [-0.2, -0.15) is 0 Å². The van der Waals surface area contributed by atoms with Crippen LogP contribution in [0.25, 0.3) is 22.5 Å². The molecule has 0 spiro atoms. The fourth-order valence-electron chi connectivity index (χ4n) is 2.37. The summed E-state index contributed by atoms with van der Waals surface area (Å²) in [6.07, 6.45) is 6.72. The van der Waals surface area contributed by atoms with E-state index in [0.29, 0.717) is 17.2 Å². The molecule has 23 heavy (non-hydrogen) atoms. The van der Waals surface area contributed by atoms with Crippen LogP contribution in [-0.2, 0) is 0 Å². The van der Waals surface area contributed by atoms with Crippen LogP contribution in [0.4, 0.5) is 5.82 Å². The molecule has 3 aromatic heterocycles. The largest absolute Gasteiger partial charge is 0.382 e. The molecule has 3 heterocycles. The van der Waals surface area contributed by atoms with Crippen LogP contribution in [0.3, 0.4) is 0 Å². The summed E-state index contributed by atoms with van der Waals surface area (Å²) < 4.78 is 1.67. The van der Waals surface area contributed by atoms with Gasteiger partial charge < -0.3 is 10.3 Å². The minimum absolute atomic E-state index is 0.0462. The number of nitrogens with zero attached hydrogens (tertiary/aromatic N) is 4. The molecule has 116 valence electrons. The van der Waals surface area contributed by atoms with E-state index in [2.05, 4.69) is 15.0 Å². The topological polar surface area (TPSA) is 86.7 Å². The van der Waals surface area contributed by atoms with Gasteiger partial charge in [0.1, 0.15) is 11.5 Å². The van der Waals surface area contributed by atoms with Crippen molar-refractivity contribution in [2.45, 2.75) is 19.9 Å². The summed E-state index contributed by atoms with van der Waals surface area (Å²) >= 11 is 0. The lowest BCUT2D eigenvalue weighted by Crippen LogP contribution is -2.20. The van der Waals surface area contributed by atoms with Crippen LogP contribution in [0.15, 0.2) is 53.8 Å². The Kier molecular flexibility index (Phi) is 3.89. The lowest BCUT2D eigenvalue weighted by molar-refractivity contribution is 0.579. The van der Waals surface area contributed by atoms with Crippen molar-refractivity contribution >= 4 is 5.82 Å². The zero-order chi connectivity index (χ0) is 16.4. The Labute approximate surface area is 133 Å². The van der Waals surface area contributed by atoms with Gasteiger partial charge in [0.2, 0.25) is 0 Å². The van der Waals surface area contributed by atoms with Gasteiger partial charge in [-0.15, -0.1) is 0 Å². The van der Waals surface area contributed by atoms with Gasteiger partial charge in [0.15, 0.2) is 0 Å². The van der Waals surface area contributed by atoms with Gasteiger partial charge in [-0.3, -0.25) is 14.8 Å². The van der Waals surface area contributed by atoms with E-state index >= 15 is 0 Å². The molecule has 0 aliphatic rings. The summed E-state index contributed by atoms with van der Waals surface area (Å²) in [4.78, 5) is 24.9. The number of pyridine rings is 2. The highest BCUT2D eigenvalue weighted by molar-refractivity contribution is 5.77. The normalized spacial score (nSPS) is 10.9. The first kappa shape index (κ1) is 14.9. The van der Waals surface area contributed by atoms with Gasteiger partial charge in [-0.1, -0.05) is 0 Å². The summed E-state index contributed by atoms with van der Waals surface area (Å²) in [5.74, 6) is 0.338. The first-order valence-electron chi connectivity index (χ1n) is 7.31. The van der Waals surface area contributed by atoms with Gasteiger partial charge in [-0.05, 0) is 32.0 Å². The van der Waals surface area contributed by atoms with Gasteiger partial charge in [0.05, 0.1) is 11.9 Å². The predicted molar refractivity (Wildman–Crippen MR) is 89.8 cm³/mol. The first-order chi connectivity index (χ1) is 11.1. The molecule has 0 aliphatic carbocycles. The fraction of sp³-hybridized carbons (Fsp3) is 0.176. The van der Waals surface area contributed by atoms with Crippen LogP contribution >= 0.6 is 0 Å². The van der Waals surface area contributed by atoms with E-state index in [-0.39, 0.29) is 11.6 Å². The Morgan fingerprint density at radius 3 is 2.61 bits per heavy atom. The molecule has 0 saturated carbocycles. The number of nitrogen functional groups attached to an aromatic ring is 1. The summed E-state index contributed by atoms with van der Waals surface area (Å²) in [7, 11) is 0. The van der Waals surface area contributed by atoms with Gasteiger partial charge in [0, 0.05) is 41.8 Å². The Balaban J connectivity index is 2.22. The van der Waals surface area contributed by atoms with E-state index < -0.39 is 0 Å². The molecule has 0 atom stereocenters. The maximum atomic E-state index is 12.0. The smallest absolute Gasteiger partial charge is 0.250 e. The summed E-state index contributed by atoms with van der Waals surface area (Å²) in [5, 5.41) is 0. The fourth-order valence-corrected chi connectivity index (χ4v) is 2.37. The highest BCUT2D eigenvalue weighted by Crippen LogP contribution is 2.28. The van der Waals surface area contributed by atoms with E-state index in [1.54, 1.807) is 35.3 Å². The maximum absolute atomic E-state index is 12.0. The number of nitrogens with two attached hydrogens (primary N) is 1. The molecule has 6 nitrogen and oxygen atoms in total. The van der Waals surface area contributed by atoms with Crippen molar-refractivity contribution in [2.24, 2.45) is 0 Å². The van der Waals surface area contributed by atoms with Crippen molar-refractivity contribution < 1.29 is 0 Å². The van der Waals surface area contributed by atoms with E-state index in [4.69, 9.17) is 5.73 Å². The average Bonchev–Trinajstić information content (AvgIpc) is 2.56. The van der Waals surface area contributed by atoms with Gasteiger partial charge in [0.25, 0.3) is 5.56 Å². The molecular weight excluding hydrogens is 290 g/mol. The van der Waals surface area contributed by atoms with Crippen molar-refractivity contribution in [3.05, 3.63) is 59.4 Å². The SMILES string of the molecule is CC(C)n1cc(-c2ncc(N)nc2-c2cccnc2)ccc1=O. The zero-order valence-electron chi connectivity index (χ0n) is 13.0. The van der Waals surface area contributed by atoms with Crippen LogP contribution < -0.4 is 11.3 Å². The molecule has 2 N–H and O–H groups in total. The monoisotopic (exact) mass is 307 g/mol. The van der Waals surface area contributed by atoms with Crippen molar-refractivity contribution in [1.29, 1.82) is 0 Å². The molecule has 3 aromatic rings. The van der Waals surface area contributed by atoms with E-state index in [1.165, 1.54) is 6.20 Å². The minimum Gasteiger partial charge on any atom is -0.382 e. The quantitative estimate of drug-likeness (QED) is 0.803. The number of anilines is 1. The third-order valence-electron chi connectivity index (χ3n) is 3.49. The third kappa shape index (κ3) is 2.96. The molecular formula is C17H17N5O. The lowest BCUT2D eigenvalue weighted by Gasteiger charge is -2.13. The Bertz CT molecular complexity index is 887. The van der Waals surface area contributed by atoms with Crippen LogP contribution in [0.5, 0.6) is 0 Å². The van der Waals surface area contributed by atoms with Crippen LogP contribution in [0, 0.1) is 0 Å². The van der Waals surface area contributed by atoms with Crippen molar-refractivity contribution in [2.75, 3.05) is 5.73 Å². The molecule has 0 amide bonds. The van der Waals surface area contributed by atoms with E-state index in [9.17, 15) is 4.79 Å². The highest BCUT2D eigenvalue weighted by Gasteiger charge is 2.13. The van der Waals surface area contributed by atoms with Crippen LogP contribution in [0.2, 0.25) is 0 Å². The second-order valence-corrected chi connectivity index (χ2v) is 5.49. The first-order valence-corrected chi connectivity index (χ1v) is 7.31. The predicted octanol–water partition coefficient (Wildman–Crippen LogP) is 2.53. The standard InChI is InChI=1S/C17H17N5O/c1-11(2)22-10-13(5-6-15(22)23)16-17(21-14(18)9-20-16)12-4-3-7-19-8-12/h3-11H,1-2H3,(H2,18,21). The molecule has 0 aliphatic heterocycles. The van der Waals surface area contributed by atoms with Crippen molar-refractivity contribution in [1.82, 2.24) is 19.5 Å². The number of rotatable bonds is 3. The molecule has 0 unspecified atom stereocenters. The number of hydrogen-bond acceptors (Lipinski definition) is 5. The second kappa shape index (κ2) is 6.00. The van der Waals surface area contributed by atoms with Crippen LogP contribution in [-0.4, -0.2) is 19.5 Å². The molecule has 3 rings (SSSR count). The summed E-state index contributed by atoms with van der Waals surface area (Å²) in [6, 6.07) is 7.09.